The first-order valence-corrected chi connectivity index (χ1v) is 16.3. The van der Waals surface area contributed by atoms with Crippen LogP contribution in [-0.2, 0) is 0 Å². The summed E-state index contributed by atoms with van der Waals surface area (Å²) in [6.45, 7) is 5.97. The fourth-order valence-electron chi connectivity index (χ4n) is 7.35. The van der Waals surface area contributed by atoms with E-state index in [0.29, 0.717) is 0 Å². The lowest BCUT2D eigenvalue weighted by Crippen LogP contribution is -1.97. The van der Waals surface area contributed by atoms with Crippen molar-refractivity contribution in [2.24, 2.45) is 0 Å². The molecule has 0 aliphatic rings. The quantitative estimate of drug-likeness (QED) is 0.143. The van der Waals surface area contributed by atoms with Gasteiger partial charge in [0.05, 0.1) is 22.4 Å². The molecule has 0 unspecified atom stereocenters. The fraction of sp³-hybridized carbons (Fsp3) is 0.0222. The molecule has 0 spiro atoms. The van der Waals surface area contributed by atoms with Crippen molar-refractivity contribution in [1.29, 1.82) is 0 Å². The summed E-state index contributed by atoms with van der Waals surface area (Å²) in [6.07, 6.45) is 7.98. The van der Waals surface area contributed by atoms with Gasteiger partial charge < -0.3 is 0 Å². The number of hydrogen-bond donors (Lipinski definition) is 0. The van der Waals surface area contributed by atoms with Crippen LogP contribution in [0.2, 0.25) is 0 Å². The lowest BCUT2D eigenvalue weighted by molar-refractivity contribution is 1.21. The lowest BCUT2D eigenvalue weighted by atomic mass is 9.85. The molecule has 226 valence electrons. The maximum absolute atomic E-state index is 5.21. The summed E-state index contributed by atoms with van der Waals surface area (Å²) >= 11 is 0. The van der Waals surface area contributed by atoms with E-state index in [4.69, 9.17) is 9.97 Å². The molecular weight excluding hydrogens is 583 g/mol. The molecule has 0 N–H and O–H groups in total. The van der Waals surface area contributed by atoms with Crippen molar-refractivity contribution in [3.8, 4) is 33.5 Å². The van der Waals surface area contributed by atoms with Gasteiger partial charge in [0, 0.05) is 17.3 Å². The Morgan fingerprint density at radius 3 is 1.92 bits per heavy atom. The average molecular weight is 614 g/mol. The largest absolute Gasteiger partial charge is 0.297 e. The van der Waals surface area contributed by atoms with Crippen LogP contribution in [0.25, 0.3) is 88.6 Å². The van der Waals surface area contributed by atoms with Crippen molar-refractivity contribution in [3.63, 3.8) is 0 Å². The van der Waals surface area contributed by atoms with Crippen LogP contribution in [-0.4, -0.2) is 14.4 Å². The van der Waals surface area contributed by atoms with Gasteiger partial charge in [0.25, 0.3) is 0 Å². The van der Waals surface area contributed by atoms with Gasteiger partial charge in [-0.25, -0.2) is 9.97 Å². The number of hydrogen-bond acceptors (Lipinski definition) is 2. The molecule has 3 aromatic heterocycles. The van der Waals surface area contributed by atoms with E-state index in [1.165, 1.54) is 49.0 Å². The van der Waals surface area contributed by atoms with E-state index in [1.54, 1.807) is 6.08 Å². The summed E-state index contributed by atoms with van der Waals surface area (Å²) in [6, 6.07) is 47.8. The Labute approximate surface area is 278 Å². The first-order valence-electron chi connectivity index (χ1n) is 16.3. The van der Waals surface area contributed by atoms with Crippen molar-refractivity contribution in [1.82, 2.24) is 14.4 Å². The van der Waals surface area contributed by atoms with Gasteiger partial charge in [-0.2, -0.15) is 0 Å². The first-order chi connectivity index (χ1) is 23.7. The van der Waals surface area contributed by atoms with E-state index < -0.39 is 0 Å². The smallest absolute Gasteiger partial charge is 0.138 e. The van der Waals surface area contributed by atoms with E-state index >= 15 is 0 Å². The van der Waals surface area contributed by atoms with Gasteiger partial charge in [0.2, 0.25) is 0 Å². The molecule has 3 heteroatoms. The molecule has 9 rings (SSSR count). The predicted molar refractivity (Wildman–Crippen MR) is 203 cm³/mol. The molecule has 3 heterocycles. The molecule has 0 saturated heterocycles. The highest BCUT2D eigenvalue weighted by atomic mass is 15.0. The minimum atomic E-state index is 0.890. The summed E-state index contributed by atoms with van der Waals surface area (Å²) in [4.78, 5) is 10.4. The maximum atomic E-state index is 5.21. The van der Waals surface area contributed by atoms with Crippen molar-refractivity contribution in [2.45, 2.75) is 6.92 Å². The number of imidazole rings is 1. The molecule has 0 amide bonds. The Balaban J connectivity index is 1.38. The Kier molecular flexibility index (Phi) is 6.51. The van der Waals surface area contributed by atoms with Crippen LogP contribution >= 0.6 is 0 Å². The van der Waals surface area contributed by atoms with E-state index in [0.717, 1.165) is 44.8 Å². The van der Waals surface area contributed by atoms with Crippen LogP contribution in [0.3, 0.4) is 0 Å². The van der Waals surface area contributed by atoms with Crippen LogP contribution in [0.1, 0.15) is 11.3 Å². The van der Waals surface area contributed by atoms with E-state index in [9.17, 15) is 0 Å². The van der Waals surface area contributed by atoms with E-state index in [1.807, 2.05) is 18.2 Å². The van der Waals surface area contributed by atoms with Gasteiger partial charge in [-0.3, -0.25) is 4.40 Å². The summed E-state index contributed by atoms with van der Waals surface area (Å²) in [5.41, 5.74) is 11.6. The van der Waals surface area contributed by atoms with Crippen LogP contribution in [0, 0.1) is 6.92 Å². The van der Waals surface area contributed by atoms with Crippen molar-refractivity contribution in [3.05, 3.63) is 170 Å². The van der Waals surface area contributed by atoms with Crippen LogP contribution in [0.4, 0.5) is 0 Å². The van der Waals surface area contributed by atoms with Crippen molar-refractivity contribution < 1.29 is 0 Å². The Morgan fingerprint density at radius 2 is 1.21 bits per heavy atom. The number of aryl methyl sites for hydroxylation is 1. The minimum Gasteiger partial charge on any atom is -0.297 e. The molecule has 48 heavy (non-hydrogen) atoms. The van der Waals surface area contributed by atoms with Crippen molar-refractivity contribution in [2.75, 3.05) is 0 Å². The van der Waals surface area contributed by atoms with E-state index in [-0.39, 0.29) is 0 Å². The van der Waals surface area contributed by atoms with Crippen molar-refractivity contribution >= 4 is 55.1 Å². The molecule has 0 atom stereocenters. The SMILES string of the molecule is C=C/C=C\c1nc(-c2ccccc2)c2c(nc3ccc(-c4c5ccccc5c(-c5cccc6ccccc56)c5ccccc45)cn32)c1C. The third-order valence-electron chi connectivity index (χ3n) is 9.53. The number of rotatable bonds is 5. The van der Waals surface area contributed by atoms with Crippen LogP contribution in [0.15, 0.2) is 158 Å². The number of pyridine rings is 2. The summed E-state index contributed by atoms with van der Waals surface area (Å²) in [5, 5.41) is 7.41. The lowest BCUT2D eigenvalue weighted by Gasteiger charge is -2.19. The molecule has 0 aliphatic carbocycles. The highest BCUT2D eigenvalue weighted by Gasteiger charge is 2.21. The van der Waals surface area contributed by atoms with Gasteiger partial charge in [-0.05, 0) is 79.7 Å². The van der Waals surface area contributed by atoms with Crippen LogP contribution in [0.5, 0.6) is 0 Å². The topological polar surface area (TPSA) is 30.2 Å². The summed E-state index contributed by atoms with van der Waals surface area (Å²) in [5.74, 6) is 0. The Hall–Kier alpha value is -6.32. The number of allylic oxidation sites excluding steroid dienone is 2. The third-order valence-corrected chi connectivity index (χ3v) is 9.53. The van der Waals surface area contributed by atoms with Gasteiger partial charge in [-0.1, -0.05) is 140 Å². The molecular formula is C45H31N3. The zero-order valence-electron chi connectivity index (χ0n) is 26.6. The summed E-state index contributed by atoms with van der Waals surface area (Å²) in [7, 11) is 0. The fourth-order valence-corrected chi connectivity index (χ4v) is 7.35. The maximum Gasteiger partial charge on any atom is 0.138 e. The van der Waals surface area contributed by atoms with Crippen LogP contribution < -0.4 is 0 Å². The average Bonchev–Trinajstić information content (AvgIpc) is 3.53. The molecule has 0 bridgehead atoms. The molecule has 6 aromatic carbocycles. The van der Waals surface area contributed by atoms with E-state index in [2.05, 4.69) is 151 Å². The molecule has 9 aromatic rings. The normalized spacial score (nSPS) is 11.9. The third kappa shape index (κ3) is 4.29. The molecule has 3 nitrogen and oxygen atoms in total. The zero-order chi connectivity index (χ0) is 32.2. The second-order valence-corrected chi connectivity index (χ2v) is 12.3. The first kappa shape index (κ1) is 27.9. The molecule has 0 fully saturated rings. The zero-order valence-corrected chi connectivity index (χ0v) is 26.6. The monoisotopic (exact) mass is 613 g/mol. The Morgan fingerprint density at radius 1 is 0.583 bits per heavy atom. The highest BCUT2D eigenvalue weighted by Crippen LogP contribution is 2.45. The second kappa shape index (κ2) is 11.2. The number of fused-ring (bicyclic) bond motifs is 6. The summed E-state index contributed by atoms with van der Waals surface area (Å²) < 4.78 is 2.23. The number of benzene rings is 6. The van der Waals surface area contributed by atoms with Gasteiger partial charge in [-0.15, -0.1) is 0 Å². The second-order valence-electron chi connectivity index (χ2n) is 12.3. The number of aromatic nitrogens is 3. The Bertz CT molecular complexity index is 2690. The number of nitrogens with zero attached hydrogens (tertiary/aromatic N) is 3. The van der Waals surface area contributed by atoms with Gasteiger partial charge in [0.15, 0.2) is 0 Å². The molecule has 0 radical (unpaired) electrons. The highest BCUT2D eigenvalue weighted by molar-refractivity contribution is 6.23. The molecule has 0 aliphatic heterocycles. The standard InChI is InChI=1S/C45H31N3/c1-3-4-25-39-29(2)43-45(44(46-39)31-16-6-5-7-17-31)48-28-32(26-27-40(48)47-43)41-35-20-10-12-22-37(35)42(38-23-13-11-21-36(38)41)34-24-14-18-30-15-8-9-19-33(30)34/h3-28H,1H2,2H3/b25-4-. The van der Waals surface area contributed by atoms with Gasteiger partial charge in [0.1, 0.15) is 5.65 Å². The molecule has 0 saturated carbocycles. The van der Waals surface area contributed by atoms with Gasteiger partial charge >= 0.3 is 0 Å². The predicted octanol–water partition coefficient (Wildman–Crippen LogP) is 11.9. The minimum absolute atomic E-state index is 0.890.